The van der Waals surface area contributed by atoms with E-state index in [-0.39, 0.29) is 0 Å². The molecule has 0 aromatic carbocycles. The van der Waals surface area contributed by atoms with Crippen LogP contribution in [0.25, 0.3) is 0 Å². The van der Waals surface area contributed by atoms with Crippen molar-refractivity contribution >= 4 is 6.21 Å². The van der Waals surface area contributed by atoms with Gasteiger partial charge in [-0.2, -0.15) is 0 Å². The van der Waals surface area contributed by atoms with E-state index in [1.807, 2.05) is 20.8 Å². The lowest BCUT2D eigenvalue weighted by molar-refractivity contribution is 0.250. The molecule has 0 aliphatic heterocycles. The summed E-state index contributed by atoms with van der Waals surface area (Å²) in [6.45, 7) is 6.39. The Morgan fingerprint density at radius 2 is 2.10 bits per heavy atom. The van der Waals surface area contributed by atoms with Crippen LogP contribution in [-0.2, 0) is 4.74 Å². The maximum atomic E-state index is 6.66. The monoisotopic (exact) mass is 144 g/mol. The molecule has 3 heteroatoms. The van der Waals surface area contributed by atoms with Crippen LogP contribution in [0, 0.1) is 5.41 Å². The Morgan fingerprint density at radius 1 is 1.60 bits per heavy atom. The van der Waals surface area contributed by atoms with Crippen molar-refractivity contribution in [1.82, 2.24) is 0 Å². The zero-order valence-electron chi connectivity index (χ0n) is 6.85. The van der Waals surface area contributed by atoms with E-state index >= 15 is 0 Å². The zero-order chi connectivity index (χ0) is 8.41. The van der Waals surface area contributed by atoms with Gasteiger partial charge >= 0.3 is 0 Å². The summed E-state index contributed by atoms with van der Waals surface area (Å²) in [5, 5.41) is 6.66. The van der Waals surface area contributed by atoms with Gasteiger partial charge in [0, 0.05) is 6.20 Å². The fraction of sp³-hybridized carbons (Fsp3) is 0.571. The third-order valence-corrected chi connectivity index (χ3v) is 0.618. The van der Waals surface area contributed by atoms with E-state index in [1.165, 1.54) is 6.20 Å². The molecule has 0 spiro atoms. The predicted octanol–water partition coefficient (Wildman–Crippen LogP) is 1.50. The Hall–Kier alpha value is -0.990. The second-order valence-electron chi connectivity index (χ2n) is 1.15. The quantitative estimate of drug-likeness (QED) is 0.466. The number of rotatable bonds is 3. The lowest BCUT2D eigenvalue weighted by atomic mass is 10.6. The van der Waals surface area contributed by atoms with Crippen molar-refractivity contribution in [3.05, 3.63) is 12.0 Å². The summed E-state index contributed by atoms with van der Waals surface area (Å²) < 4.78 is 4.83. The summed E-state index contributed by atoms with van der Waals surface area (Å²) in [4.78, 5) is 0. The van der Waals surface area contributed by atoms with Gasteiger partial charge < -0.3 is 15.9 Å². The molecule has 0 fully saturated rings. The number of allylic oxidation sites excluding steroid dienone is 1. The largest absolute Gasteiger partial charge is 0.491 e. The first-order chi connectivity index (χ1) is 4.85. The second kappa shape index (κ2) is 10.9. The minimum Gasteiger partial charge on any atom is -0.491 e. The standard InChI is InChI=1S/C5H10N2O.C2H6/c1-2-8-5(3-6)4-7;1-2/h3-4,6H,2,7H2,1H3;1-2H3/b5-4+,6-3?;. The fourth-order valence-corrected chi connectivity index (χ4v) is 0.305. The summed E-state index contributed by atoms with van der Waals surface area (Å²) in [7, 11) is 0. The normalized spacial score (nSPS) is 9.30. The van der Waals surface area contributed by atoms with Gasteiger partial charge in [-0.15, -0.1) is 0 Å². The van der Waals surface area contributed by atoms with Gasteiger partial charge in [0.1, 0.15) is 0 Å². The van der Waals surface area contributed by atoms with Gasteiger partial charge in [-0.05, 0) is 6.92 Å². The first-order valence-electron chi connectivity index (χ1n) is 3.40. The smallest absolute Gasteiger partial charge is 0.152 e. The minimum atomic E-state index is 0.410. The fourth-order valence-electron chi connectivity index (χ4n) is 0.305. The molecular formula is C7H16N2O. The van der Waals surface area contributed by atoms with E-state index in [1.54, 1.807) is 0 Å². The molecule has 0 unspecified atom stereocenters. The molecule has 3 N–H and O–H groups in total. The lowest BCUT2D eigenvalue weighted by Crippen LogP contribution is -1.95. The summed E-state index contributed by atoms with van der Waals surface area (Å²) in [5.41, 5.74) is 5.03. The third-order valence-electron chi connectivity index (χ3n) is 0.618. The van der Waals surface area contributed by atoms with Crippen LogP contribution in [0.2, 0.25) is 0 Å². The molecule has 10 heavy (non-hydrogen) atoms. The average Bonchev–Trinajstić information content (AvgIpc) is 2.04. The molecule has 0 aromatic rings. The Balaban J connectivity index is 0. The van der Waals surface area contributed by atoms with Crippen molar-refractivity contribution in [3.8, 4) is 0 Å². The van der Waals surface area contributed by atoms with Gasteiger partial charge in [0.05, 0.1) is 12.8 Å². The highest BCUT2D eigenvalue weighted by Gasteiger charge is 1.84. The van der Waals surface area contributed by atoms with Gasteiger partial charge in [-0.1, -0.05) is 13.8 Å². The minimum absolute atomic E-state index is 0.410. The molecule has 0 saturated heterocycles. The summed E-state index contributed by atoms with van der Waals surface area (Å²) in [6.07, 6.45) is 2.33. The van der Waals surface area contributed by atoms with E-state index in [2.05, 4.69) is 0 Å². The Kier molecular flexibility index (Phi) is 12.8. The van der Waals surface area contributed by atoms with Crippen LogP contribution in [-0.4, -0.2) is 12.8 Å². The predicted molar refractivity (Wildman–Crippen MR) is 44.0 cm³/mol. The molecular weight excluding hydrogens is 128 g/mol. The van der Waals surface area contributed by atoms with Crippen LogP contribution >= 0.6 is 0 Å². The van der Waals surface area contributed by atoms with Crippen LogP contribution in [0.1, 0.15) is 20.8 Å². The number of ether oxygens (including phenoxy) is 1. The van der Waals surface area contributed by atoms with Gasteiger partial charge in [0.2, 0.25) is 0 Å². The van der Waals surface area contributed by atoms with Crippen LogP contribution in [0.4, 0.5) is 0 Å². The van der Waals surface area contributed by atoms with Crippen LogP contribution in [0.5, 0.6) is 0 Å². The van der Waals surface area contributed by atoms with Crippen molar-refractivity contribution in [2.24, 2.45) is 5.73 Å². The first kappa shape index (κ1) is 11.8. The Bertz CT molecular complexity index is 99.8. The maximum absolute atomic E-state index is 6.66. The zero-order valence-corrected chi connectivity index (χ0v) is 6.85. The SMILES string of the molecule is CC.CCO/C(C=N)=C/N. The lowest BCUT2D eigenvalue weighted by Gasteiger charge is -1.98. The molecule has 0 bridgehead atoms. The Labute approximate surface area is 62.4 Å². The molecule has 3 nitrogen and oxygen atoms in total. The maximum Gasteiger partial charge on any atom is 0.152 e. The Morgan fingerprint density at radius 3 is 2.20 bits per heavy atom. The molecule has 60 valence electrons. The van der Waals surface area contributed by atoms with E-state index in [9.17, 15) is 0 Å². The van der Waals surface area contributed by atoms with Gasteiger partial charge in [-0.3, -0.25) is 0 Å². The molecule has 0 rings (SSSR count). The van der Waals surface area contributed by atoms with Gasteiger partial charge in [0.15, 0.2) is 5.76 Å². The highest BCUT2D eigenvalue weighted by Crippen LogP contribution is 1.86. The molecule has 0 atom stereocenters. The van der Waals surface area contributed by atoms with Crippen molar-refractivity contribution < 1.29 is 4.74 Å². The van der Waals surface area contributed by atoms with Gasteiger partial charge in [-0.25, -0.2) is 0 Å². The van der Waals surface area contributed by atoms with Crippen LogP contribution in [0.15, 0.2) is 12.0 Å². The third kappa shape index (κ3) is 7.01. The number of hydrogen-bond acceptors (Lipinski definition) is 3. The average molecular weight is 144 g/mol. The van der Waals surface area contributed by atoms with Crippen molar-refractivity contribution in [2.45, 2.75) is 20.8 Å². The second-order valence-corrected chi connectivity index (χ2v) is 1.15. The van der Waals surface area contributed by atoms with Crippen molar-refractivity contribution in [3.63, 3.8) is 0 Å². The molecule has 0 saturated carbocycles. The molecule has 0 amide bonds. The molecule has 0 aliphatic rings. The van der Waals surface area contributed by atoms with Crippen molar-refractivity contribution in [2.75, 3.05) is 6.61 Å². The highest BCUT2D eigenvalue weighted by atomic mass is 16.5. The van der Waals surface area contributed by atoms with Gasteiger partial charge in [0.25, 0.3) is 0 Å². The molecule has 0 aliphatic carbocycles. The highest BCUT2D eigenvalue weighted by molar-refractivity contribution is 5.72. The summed E-state index contributed by atoms with van der Waals surface area (Å²) in [5.74, 6) is 0.410. The van der Waals surface area contributed by atoms with E-state index in [4.69, 9.17) is 15.9 Å². The number of hydrogen-bond donors (Lipinski definition) is 2. The molecule has 0 aromatic heterocycles. The van der Waals surface area contributed by atoms with E-state index in [0.29, 0.717) is 12.4 Å². The number of nitrogens with two attached hydrogens (primary N) is 1. The number of nitrogens with one attached hydrogen (secondary N) is 1. The molecule has 0 heterocycles. The molecule has 0 radical (unpaired) electrons. The topological polar surface area (TPSA) is 59.1 Å². The van der Waals surface area contributed by atoms with E-state index in [0.717, 1.165) is 6.21 Å². The first-order valence-corrected chi connectivity index (χ1v) is 3.40. The summed E-state index contributed by atoms with van der Waals surface area (Å²) >= 11 is 0. The summed E-state index contributed by atoms with van der Waals surface area (Å²) in [6, 6.07) is 0. The van der Waals surface area contributed by atoms with Crippen molar-refractivity contribution in [1.29, 1.82) is 5.41 Å². The van der Waals surface area contributed by atoms with E-state index < -0.39 is 0 Å². The van der Waals surface area contributed by atoms with Crippen LogP contribution in [0.3, 0.4) is 0 Å². The van der Waals surface area contributed by atoms with Crippen LogP contribution < -0.4 is 5.73 Å².